The largest absolute Gasteiger partial charge is 0.335 e. The van der Waals surface area contributed by atoms with Crippen LogP contribution >= 0.6 is 0 Å². The minimum Gasteiger partial charge on any atom is -0.335 e. The Kier molecular flexibility index (Phi) is 7.25. The van der Waals surface area contributed by atoms with Crippen LogP contribution in [0.2, 0.25) is 0 Å². The summed E-state index contributed by atoms with van der Waals surface area (Å²) in [5.41, 5.74) is 1.86. The number of rotatable bonds is 5. The Balaban J connectivity index is 1.51. The van der Waals surface area contributed by atoms with E-state index in [1.807, 2.05) is 24.3 Å². The first-order valence-electron chi connectivity index (χ1n) is 10.7. The van der Waals surface area contributed by atoms with Gasteiger partial charge in [0.2, 0.25) is 0 Å². The van der Waals surface area contributed by atoms with Crippen molar-refractivity contribution in [3.05, 3.63) is 35.4 Å². The quantitative estimate of drug-likeness (QED) is 0.702. The Morgan fingerprint density at radius 1 is 0.759 bits per heavy atom. The van der Waals surface area contributed by atoms with Crippen molar-refractivity contribution in [1.29, 1.82) is 0 Å². The van der Waals surface area contributed by atoms with E-state index in [0.29, 0.717) is 44.8 Å². The molecule has 2 heterocycles. The Bertz CT molecular complexity index is 716. The maximum atomic E-state index is 12.8. The lowest BCUT2D eigenvalue weighted by Crippen LogP contribution is -2.54. The van der Waals surface area contributed by atoms with Gasteiger partial charge in [-0.25, -0.2) is 0 Å². The van der Waals surface area contributed by atoms with Gasteiger partial charge in [-0.15, -0.1) is 0 Å². The van der Waals surface area contributed by atoms with Crippen LogP contribution in [0.4, 0.5) is 0 Å². The minimum atomic E-state index is -0.431. The maximum absolute atomic E-state index is 12.8. The molecule has 0 aromatic heterocycles. The van der Waals surface area contributed by atoms with Gasteiger partial charge in [-0.05, 0) is 43.6 Å². The molecule has 1 aromatic carbocycles. The summed E-state index contributed by atoms with van der Waals surface area (Å²) in [7, 11) is 0. The van der Waals surface area contributed by atoms with E-state index in [1.165, 1.54) is 5.56 Å². The fourth-order valence-corrected chi connectivity index (χ4v) is 3.94. The standard InChI is InChI=1S/C22H32N4O3/c1-3-23(4-2)17-18-7-9-19(10-8-18)20(27)25-13-15-26(16-14-25)22(29)21(28)24-11-5-6-12-24/h7-10H,3-6,11-17H2,1-2H3. The number of amides is 3. The van der Waals surface area contributed by atoms with Crippen LogP contribution in [0.1, 0.15) is 42.6 Å². The highest BCUT2D eigenvalue weighted by atomic mass is 16.2. The molecule has 0 atom stereocenters. The van der Waals surface area contributed by atoms with Gasteiger partial charge in [0, 0.05) is 51.4 Å². The molecule has 2 fully saturated rings. The molecule has 158 valence electrons. The minimum absolute atomic E-state index is 0.0163. The zero-order valence-corrected chi connectivity index (χ0v) is 17.6. The van der Waals surface area contributed by atoms with Crippen LogP contribution in [-0.2, 0) is 16.1 Å². The molecule has 0 saturated carbocycles. The third-order valence-corrected chi connectivity index (χ3v) is 5.93. The van der Waals surface area contributed by atoms with E-state index < -0.39 is 11.8 Å². The smallest absolute Gasteiger partial charge is 0.312 e. The summed E-state index contributed by atoms with van der Waals surface area (Å²) >= 11 is 0. The second kappa shape index (κ2) is 9.87. The molecule has 7 heteroatoms. The van der Waals surface area contributed by atoms with Crippen molar-refractivity contribution in [3.8, 4) is 0 Å². The Morgan fingerprint density at radius 2 is 1.24 bits per heavy atom. The molecule has 2 saturated heterocycles. The predicted octanol–water partition coefficient (Wildman–Crippen LogP) is 1.44. The Hall–Kier alpha value is -2.41. The summed E-state index contributed by atoms with van der Waals surface area (Å²) in [5.74, 6) is -0.844. The van der Waals surface area contributed by atoms with Crippen LogP contribution in [-0.4, -0.2) is 89.7 Å². The Labute approximate surface area is 173 Å². The van der Waals surface area contributed by atoms with E-state index >= 15 is 0 Å². The predicted molar refractivity (Wildman–Crippen MR) is 111 cm³/mol. The molecule has 0 unspecified atom stereocenters. The fraction of sp³-hybridized carbons (Fsp3) is 0.591. The summed E-state index contributed by atoms with van der Waals surface area (Å²) < 4.78 is 0. The SMILES string of the molecule is CCN(CC)Cc1ccc(C(=O)N2CCN(C(=O)C(=O)N3CCCC3)CC2)cc1. The molecule has 0 radical (unpaired) electrons. The number of likely N-dealkylation sites (tertiary alicyclic amines) is 1. The molecule has 29 heavy (non-hydrogen) atoms. The number of carbonyl (C=O) groups excluding carboxylic acids is 3. The number of benzene rings is 1. The number of hydrogen-bond acceptors (Lipinski definition) is 4. The third-order valence-electron chi connectivity index (χ3n) is 5.93. The number of piperazine rings is 1. The van der Waals surface area contributed by atoms with E-state index in [9.17, 15) is 14.4 Å². The average Bonchev–Trinajstić information content (AvgIpc) is 3.31. The lowest BCUT2D eigenvalue weighted by atomic mass is 10.1. The zero-order chi connectivity index (χ0) is 20.8. The molecule has 0 bridgehead atoms. The molecule has 0 aliphatic carbocycles. The molecule has 2 aliphatic rings. The molecule has 3 amide bonds. The highest BCUT2D eigenvalue weighted by molar-refractivity contribution is 6.35. The second-order valence-corrected chi connectivity index (χ2v) is 7.74. The topological polar surface area (TPSA) is 64.2 Å². The van der Waals surface area contributed by atoms with Crippen molar-refractivity contribution in [2.45, 2.75) is 33.2 Å². The van der Waals surface area contributed by atoms with Gasteiger partial charge >= 0.3 is 11.8 Å². The average molecular weight is 401 g/mol. The van der Waals surface area contributed by atoms with E-state index in [2.05, 4.69) is 18.7 Å². The highest BCUT2D eigenvalue weighted by Gasteiger charge is 2.31. The normalized spacial score (nSPS) is 17.1. The van der Waals surface area contributed by atoms with Gasteiger partial charge in [-0.3, -0.25) is 19.3 Å². The molecule has 3 rings (SSSR count). The molecule has 0 N–H and O–H groups in total. The first-order valence-corrected chi connectivity index (χ1v) is 10.7. The van der Waals surface area contributed by atoms with Gasteiger partial charge < -0.3 is 14.7 Å². The van der Waals surface area contributed by atoms with Gasteiger partial charge in [-0.2, -0.15) is 0 Å². The summed E-state index contributed by atoms with van der Waals surface area (Å²) in [6.07, 6.45) is 1.93. The van der Waals surface area contributed by atoms with Crippen molar-refractivity contribution in [2.24, 2.45) is 0 Å². The summed E-state index contributed by atoms with van der Waals surface area (Å²) in [6.45, 7) is 10.2. The van der Waals surface area contributed by atoms with Crippen molar-refractivity contribution in [1.82, 2.24) is 19.6 Å². The fourth-order valence-electron chi connectivity index (χ4n) is 3.94. The van der Waals surface area contributed by atoms with E-state index in [-0.39, 0.29) is 5.91 Å². The zero-order valence-electron chi connectivity index (χ0n) is 17.6. The monoisotopic (exact) mass is 400 g/mol. The van der Waals surface area contributed by atoms with E-state index in [1.54, 1.807) is 14.7 Å². The van der Waals surface area contributed by atoms with Gasteiger partial charge in [0.05, 0.1) is 0 Å². The number of carbonyl (C=O) groups is 3. The maximum Gasteiger partial charge on any atom is 0.312 e. The lowest BCUT2D eigenvalue weighted by molar-refractivity contribution is -0.152. The van der Waals surface area contributed by atoms with Crippen LogP contribution in [0, 0.1) is 0 Å². The Morgan fingerprint density at radius 3 is 1.76 bits per heavy atom. The van der Waals surface area contributed by atoms with Crippen LogP contribution < -0.4 is 0 Å². The number of hydrogen-bond donors (Lipinski definition) is 0. The molecular weight excluding hydrogens is 368 g/mol. The van der Waals surface area contributed by atoms with Crippen molar-refractivity contribution in [3.63, 3.8) is 0 Å². The third kappa shape index (κ3) is 5.15. The van der Waals surface area contributed by atoms with Crippen LogP contribution in [0.15, 0.2) is 24.3 Å². The van der Waals surface area contributed by atoms with E-state index in [0.717, 1.165) is 32.5 Å². The molecule has 2 aliphatic heterocycles. The molecule has 0 spiro atoms. The van der Waals surface area contributed by atoms with Crippen molar-refractivity contribution < 1.29 is 14.4 Å². The summed E-state index contributed by atoms with van der Waals surface area (Å²) in [4.78, 5) is 44.8. The molecule has 1 aromatic rings. The van der Waals surface area contributed by atoms with E-state index in [4.69, 9.17) is 0 Å². The van der Waals surface area contributed by atoms with Gasteiger partial charge in [0.25, 0.3) is 5.91 Å². The van der Waals surface area contributed by atoms with Crippen LogP contribution in [0.5, 0.6) is 0 Å². The van der Waals surface area contributed by atoms with Crippen LogP contribution in [0.3, 0.4) is 0 Å². The second-order valence-electron chi connectivity index (χ2n) is 7.74. The highest BCUT2D eigenvalue weighted by Crippen LogP contribution is 2.14. The lowest BCUT2D eigenvalue weighted by Gasteiger charge is -2.35. The van der Waals surface area contributed by atoms with Gasteiger partial charge in [0.15, 0.2) is 0 Å². The van der Waals surface area contributed by atoms with Gasteiger partial charge in [0.1, 0.15) is 0 Å². The van der Waals surface area contributed by atoms with Crippen molar-refractivity contribution in [2.75, 3.05) is 52.4 Å². The van der Waals surface area contributed by atoms with Crippen molar-refractivity contribution >= 4 is 17.7 Å². The molecule has 7 nitrogen and oxygen atoms in total. The number of nitrogens with zero attached hydrogens (tertiary/aromatic N) is 4. The van der Waals surface area contributed by atoms with Gasteiger partial charge in [-0.1, -0.05) is 26.0 Å². The summed E-state index contributed by atoms with van der Waals surface area (Å²) in [5, 5.41) is 0. The summed E-state index contributed by atoms with van der Waals surface area (Å²) in [6, 6.07) is 7.80. The molecular formula is C22H32N4O3. The first-order chi connectivity index (χ1) is 14.0. The first kappa shape index (κ1) is 21.3. The van der Waals surface area contributed by atoms with Crippen LogP contribution in [0.25, 0.3) is 0 Å².